The molecular weight excluding hydrogens is 266 g/mol. The highest BCUT2D eigenvalue weighted by atomic mass is 16.5. The topological polar surface area (TPSA) is 69.6 Å². The Labute approximate surface area is 127 Å². The molecule has 0 bridgehead atoms. The van der Waals surface area contributed by atoms with Crippen molar-refractivity contribution >= 4 is 5.91 Å². The molecule has 0 unspecified atom stereocenters. The summed E-state index contributed by atoms with van der Waals surface area (Å²) in [5, 5.41) is 19.2. The van der Waals surface area contributed by atoms with E-state index in [-0.39, 0.29) is 17.3 Å². The van der Waals surface area contributed by atoms with Gasteiger partial charge in [0.05, 0.1) is 0 Å². The van der Waals surface area contributed by atoms with Gasteiger partial charge < -0.3 is 5.11 Å². The molecule has 21 heavy (non-hydrogen) atoms. The fourth-order valence-electron chi connectivity index (χ4n) is 2.30. The van der Waals surface area contributed by atoms with Crippen LogP contribution in [0.5, 0.6) is 5.75 Å². The largest absolute Gasteiger partial charge is 0.507 e. The van der Waals surface area contributed by atoms with E-state index in [0.29, 0.717) is 12.2 Å². The average molecular weight is 293 g/mol. The molecule has 0 aliphatic carbocycles. The molecule has 0 fully saturated rings. The fraction of sp³-hybridized carbons (Fsp3) is 0.588. The minimum atomic E-state index is -0.405. The van der Waals surface area contributed by atoms with Crippen LogP contribution in [0, 0.1) is 0 Å². The van der Waals surface area contributed by atoms with E-state index < -0.39 is 5.91 Å². The Kier molecular flexibility index (Phi) is 5.05. The van der Waals surface area contributed by atoms with Crippen LogP contribution in [0.25, 0.3) is 0 Å². The molecule has 0 saturated carbocycles. The van der Waals surface area contributed by atoms with Gasteiger partial charge in [0, 0.05) is 6.42 Å². The number of phenols is 1. The number of carbonyl (C=O) groups is 1. The highest BCUT2D eigenvalue weighted by molar-refractivity contribution is 5.74. The van der Waals surface area contributed by atoms with Gasteiger partial charge in [-0.05, 0) is 33.9 Å². The van der Waals surface area contributed by atoms with Gasteiger partial charge in [0.25, 0.3) is 0 Å². The standard InChI is InChI=1S/C17H27NO3/c1-16(2,3)12-9-11(7-8-14(19)18-21)10-13(15(12)20)17(4,5)6/h9-10,20-21H,7-8H2,1-6H3,(H,18,19). The number of aryl methyl sites for hydroxylation is 1. The Morgan fingerprint density at radius 3 is 1.81 bits per heavy atom. The van der Waals surface area contributed by atoms with E-state index in [4.69, 9.17) is 5.21 Å². The molecule has 1 aromatic rings. The Bertz CT molecular complexity index is 487. The van der Waals surface area contributed by atoms with Gasteiger partial charge in [-0.3, -0.25) is 10.0 Å². The van der Waals surface area contributed by atoms with Crippen LogP contribution in [0.15, 0.2) is 12.1 Å². The van der Waals surface area contributed by atoms with Crippen molar-refractivity contribution in [2.75, 3.05) is 0 Å². The third kappa shape index (κ3) is 4.46. The third-order valence-electron chi connectivity index (χ3n) is 3.55. The van der Waals surface area contributed by atoms with Gasteiger partial charge in [-0.25, -0.2) is 5.48 Å². The summed E-state index contributed by atoms with van der Waals surface area (Å²) >= 11 is 0. The first-order valence-corrected chi connectivity index (χ1v) is 7.26. The molecule has 1 aromatic carbocycles. The van der Waals surface area contributed by atoms with Crippen molar-refractivity contribution in [2.24, 2.45) is 0 Å². The molecular formula is C17H27NO3. The summed E-state index contributed by atoms with van der Waals surface area (Å²) in [7, 11) is 0. The van der Waals surface area contributed by atoms with Gasteiger partial charge in [0.1, 0.15) is 5.75 Å². The maximum Gasteiger partial charge on any atom is 0.243 e. The molecule has 0 heterocycles. The fourth-order valence-corrected chi connectivity index (χ4v) is 2.30. The van der Waals surface area contributed by atoms with E-state index >= 15 is 0 Å². The third-order valence-corrected chi connectivity index (χ3v) is 3.55. The number of hydrogen-bond acceptors (Lipinski definition) is 3. The first-order valence-electron chi connectivity index (χ1n) is 7.26. The smallest absolute Gasteiger partial charge is 0.243 e. The molecule has 1 amide bonds. The predicted molar refractivity (Wildman–Crippen MR) is 83.8 cm³/mol. The Balaban J connectivity index is 3.31. The average Bonchev–Trinajstić information content (AvgIpc) is 2.34. The molecule has 0 radical (unpaired) electrons. The highest BCUT2D eigenvalue weighted by Gasteiger charge is 2.26. The number of benzene rings is 1. The van der Waals surface area contributed by atoms with Crippen LogP contribution < -0.4 is 5.48 Å². The second-order valence-electron chi connectivity index (χ2n) is 7.57. The second-order valence-corrected chi connectivity index (χ2v) is 7.57. The van der Waals surface area contributed by atoms with Crippen LogP contribution in [0.3, 0.4) is 0 Å². The lowest BCUT2D eigenvalue weighted by molar-refractivity contribution is -0.129. The zero-order valence-electron chi connectivity index (χ0n) is 13.9. The zero-order chi connectivity index (χ0) is 16.4. The van der Waals surface area contributed by atoms with Crippen molar-refractivity contribution in [1.82, 2.24) is 5.48 Å². The summed E-state index contributed by atoms with van der Waals surface area (Å²) in [6.07, 6.45) is 0.743. The number of carbonyl (C=O) groups excluding carboxylic acids is 1. The van der Waals surface area contributed by atoms with Crippen molar-refractivity contribution < 1.29 is 15.1 Å². The number of hydroxylamine groups is 1. The van der Waals surface area contributed by atoms with Crippen LogP contribution in [0.4, 0.5) is 0 Å². The maximum absolute atomic E-state index is 11.2. The van der Waals surface area contributed by atoms with Crippen molar-refractivity contribution in [3.63, 3.8) is 0 Å². The van der Waals surface area contributed by atoms with Gasteiger partial charge >= 0.3 is 0 Å². The summed E-state index contributed by atoms with van der Waals surface area (Å²) < 4.78 is 0. The minimum Gasteiger partial charge on any atom is -0.507 e. The lowest BCUT2D eigenvalue weighted by atomic mass is 9.78. The number of rotatable bonds is 3. The summed E-state index contributed by atoms with van der Waals surface area (Å²) in [4.78, 5) is 11.2. The van der Waals surface area contributed by atoms with Crippen LogP contribution in [-0.4, -0.2) is 16.2 Å². The molecule has 0 spiro atoms. The van der Waals surface area contributed by atoms with E-state index in [9.17, 15) is 9.90 Å². The van der Waals surface area contributed by atoms with Crippen molar-refractivity contribution in [2.45, 2.75) is 65.2 Å². The minimum absolute atomic E-state index is 0.181. The number of phenolic OH excluding ortho intramolecular Hbond substituents is 1. The first kappa shape index (κ1) is 17.5. The normalized spacial score (nSPS) is 12.3. The van der Waals surface area contributed by atoms with Gasteiger partial charge in [0.2, 0.25) is 5.91 Å². The van der Waals surface area contributed by atoms with E-state index in [1.54, 1.807) is 5.48 Å². The van der Waals surface area contributed by atoms with Gasteiger partial charge in [-0.15, -0.1) is 0 Å². The number of aromatic hydroxyl groups is 1. The Morgan fingerprint density at radius 2 is 1.48 bits per heavy atom. The molecule has 0 saturated heterocycles. The lowest BCUT2D eigenvalue weighted by Crippen LogP contribution is -2.20. The van der Waals surface area contributed by atoms with Crippen LogP contribution in [-0.2, 0) is 22.0 Å². The van der Waals surface area contributed by atoms with Crippen LogP contribution in [0.1, 0.15) is 64.7 Å². The Hall–Kier alpha value is -1.55. The molecule has 0 aromatic heterocycles. The molecule has 118 valence electrons. The molecule has 0 atom stereocenters. The van der Waals surface area contributed by atoms with Gasteiger partial charge in [0.15, 0.2) is 0 Å². The monoisotopic (exact) mass is 293 g/mol. The molecule has 3 N–H and O–H groups in total. The SMILES string of the molecule is CC(C)(C)c1cc(CCC(=O)NO)cc(C(C)(C)C)c1O. The molecule has 0 aliphatic heterocycles. The lowest BCUT2D eigenvalue weighted by Gasteiger charge is -2.28. The number of amides is 1. The summed E-state index contributed by atoms with van der Waals surface area (Å²) in [5.74, 6) is -0.0666. The van der Waals surface area contributed by atoms with Crippen LogP contribution in [0.2, 0.25) is 0 Å². The highest BCUT2D eigenvalue weighted by Crippen LogP contribution is 2.39. The van der Waals surface area contributed by atoms with E-state index in [1.807, 2.05) is 12.1 Å². The zero-order valence-corrected chi connectivity index (χ0v) is 13.9. The van der Waals surface area contributed by atoms with Gasteiger partial charge in [-0.2, -0.15) is 0 Å². The number of nitrogens with one attached hydrogen (secondary N) is 1. The molecule has 4 nitrogen and oxygen atoms in total. The second kappa shape index (κ2) is 6.06. The summed E-state index contributed by atoms with van der Waals surface area (Å²) in [6.45, 7) is 12.3. The van der Waals surface area contributed by atoms with E-state index in [0.717, 1.165) is 16.7 Å². The maximum atomic E-state index is 11.2. The van der Waals surface area contributed by atoms with Crippen molar-refractivity contribution in [1.29, 1.82) is 0 Å². The molecule has 0 aliphatic rings. The molecule has 4 heteroatoms. The van der Waals surface area contributed by atoms with Gasteiger partial charge in [-0.1, -0.05) is 53.7 Å². The molecule has 1 rings (SSSR count). The first-order chi connectivity index (χ1) is 9.46. The van der Waals surface area contributed by atoms with Crippen molar-refractivity contribution in [3.05, 3.63) is 28.8 Å². The van der Waals surface area contributed by atoms with E-state index in [2.05, 4.69) is 41.5 Å². The summed E-state index contributed by atoms with van der Waals surface area (Å²) in [6, 6.07) is 3.91. The number of hydrogen-bond donors (Lipinski definition) is 3. The summed E-state index contributed by atoms with van der Waals surface area (Å²) in [5.41, 5.74) is 4.04. The van der Waals surface area contributed by atoms with Crippen LogP contribution >= 0.6 is 0 Å². The quantitative estimate of drug-likeness (QED) is 0.591. The van der Waals surface area contributed by atoms with E-state index in [1.165, 1.54) is 0 Å². The Morgan fingerprint density at radius 1 is 1.05 bits per heavy atom. The predicted octanol–water partition coefficient (Wildman–Crippen LogP) is 3.43. The van der Waals surface area contributed by atoms with Crippen molar-refractivity contribution in [3.8, 4) is 5.75 Å².